The number of nitrogens with zero attached hydrogens (tertiary/aromatic N) is 1. The lowest BCUT2D eigenvalue weighted by molar-refractivity contribution is -0.385. The van der Waals surface area contributed by atoms with Crippen molar-refractivity contribution in [2.45, 2.75) is 165 Å². The van der Waals surface area contributed by atoms with Crippen molar-refractivity contribution < 1.29 is 111 Å². The van der Waals surface area contributed by atoms with Crippen LogP contribution in [0.5, 0.6) is 46.0 Å². The molecule has 524 valence electrons. The average molecular weight is 1330 g/mol. The summed E-state index contributed by atoms with van der Waals surface area (Å²) in [6.45, 7) is 7.71. The zero-order valence-corrected chi connectivity index (χ0v) is 55.0. The Morgan fingerprint density at radius 1 is 0.447 bits per heavy atom. The molecule has 0 bridgehead atoms. The molecule has 94 heavy (non-hydrogen) atoms. The number of nitro groups is 1. The summed E-state index contributed by atoms with van der Waals surface area (Å²) in [6, 6.07) is 24.2. The molecular weight excluding hydrogens is 1230 g/mol. The second kappa shape index (κ2) is 38.6. The lowest BCUT2D eigenvalue weighted by Gasteiger charge is -2.46. The Morgan fingerprint density at radius 3 is 1.17 bits per heavy atom. The Morgan fingerprint density at radius 2 is 0.798 bits per heavy atom. The van der Waals surface area contributed by atoms with Crippen LogP contribution in [0.2, 0.25) is 0 Å². The fraction of sp³-hybridized carbons (Fsp3) is 0.647. The zero-order chi connectivity index (χ0) is 65.9. The van der Waals surface area contributed by atoms with E-state index in [1.165, 1.54) is 13.2 Å². The number of nitrogen functional groups attached to an aromatic ring is 1. The van der Waals surface area contributed by atoms with E-state index in [2.05, 4.69) is 6.92 Å². The number of nitro benzene ring substituents is 1. The van der Waals surface area contributed by atoms with E-state index in [9.17, 15) is 10.1 Å². The summed E-state index contributed by atoms with van der Waals surface area (Å²) in [5, 5.41) is 11.3. The highest BCUT2D eigenvalue weighted by molar-refractivity contribution is 5.53. The molecule has 2 N–H and O–H groups in total. The molecule has 14 atom stereocenters. The van der Waals surface area contributed by atoms with Crippen molar-refractivity contribution >= 4 is 11.4 Å². The van der Waals surface area contributed by atoms with E-state index in [1.807, 2.05) is 37.3 Å². The number of para-hydroxylation sites is 6. The molecule has 8 unspecified atom stereocenters. The molecule has 6 saturated heterocycles. The molecule has 0 aliphatic carbocycles. The van der Waals surface area contributed by atoms with Gasteiger partial charge in [-0.3, -0.25) is 10.1 Å². The van der Waals surface area contributed by atoms with Crippen LogP contribution in [0.25, 0.3) is 0 Å². The molecule has 26 nitrogen and oxygen atoms in total. The maximum atomic E-state index is 11.3. The Bertz CT molecular complexity index is 2820. The maximum absolute atomic E-state index is 11.3. The summed E-state index contributed by atoms with van der Waals surface area (Å²) in [5.41, 5.74) is 6.44. The number of nitrogens with two attached hydrogens (primary N) is 1. The molecule has 4 aromatic rings. The van der Waals surface area contributed by atoms with Gasteiger partial charge in [-0.15, -0.1) is 0 Å². The molecule has 0 saturated carbocycles. The average Bonchev–Trinajstić information content (AvgIpc) is 0.826. The Labute approximate surface area is 552 Å². The Kier molecular flexibility index (Phi) is 29.7. The quantitative estimate of drug-likeness (QED) is 0.0153. The van der Waals surface area contributed by atoms with E-state index in [4.69, 9.17) is 110 Å². The minimum Gasteiger partial charge on any atom is -0.488 e. The molecule has 0 spiro atoms. The van der Waals surface area contributed by atoms with Gasteiger partial charge in [-0.25, -0.2) is 0 Å². The number of benzene rings is 4. The van der Waals surface area contributed by atoms with Crippen molar-refractivity contribution in [3.05, 3.63) is 95.0 Å². The van der Waals surface area contributed by atoms with Gasteiger partial charge in [0.05, 0.1) is 35.0 Å². The molecular formula is C68H98N2O24. The molecule has 6 aliphatic heterocycles. The normalized spacial score (nSPS) is 28.0. The summed E-state index contributed by atoms with van der Waals surface area (Å²) >= 11 is 0. The Balaban J connectivity index is 0.000000241. The molecule has 4 aromatic carbocycles. The molecule has 0 amide bonds. The second-order valence-corrected chi connectivity index (χ2v) is 23.4. The number of hydrogen-bond donors (Lipinski definition) is 1. The highest BCUT2D eigenvalue weighted by Gasteiger charge is 2.50. The number of rotatable bonds is 33. The van der Waals surface area contributed by atoms with Gasteiger partial charge in [0, 0.05) is 74.2 Å². The molecule has 6 aliphatic rings. The predicted molar refractivity (Wildman–Crippen MR) is 340 cm³/mol. The highest BCUT2D eigenvalue weighted by atomic mass is 16.8. The fourth-order valence-electron chi connectivity index (χ4n) is 11.8. The third-order valence-corrected chi connectivity index (χ3v) is 16.8. The maximum Gasteiger partial charge on any atom is 0.310 e. The first-order valence-corrected chi connectivity index (χ1v) is 32.8. The first-order valence-electron chi connectivity index (χ1n) is 32.8. The van der Waals surface area contributed by atoms with Crippen molar-refractivity contribution in [3.63, 3.8) is 0 Å². The van der Waals surface area contributed by atoms with Crippen LogP contribution in [0.15, 0.2) is 84.9 Å². The summed E-state index contributed by atoms with van der Waals surface area (Å²) in [4.78, 5) is 10.9. The summed E-state index contributed by atoms with van der Waals surface area (Å²) in [7, 11) is 6.27. The zero-order valence-electron chi connectivity index (χ0n) is 55.0. The van der Waals surface area contributed by atoms with Crippen LogP contribution in [0.3, 0.4) is 0 Å². The van der Waals surface area contributed by atoms with Crippen molar-refractivity contribution in [1.82, 2.24) is 0 Å². The lowest BCUT2D eigenvalue weighted by Crippen LogP contribution is -2.59. The van der Waals surface area contributed by atoms with E-state index in [0.717, 1.165) is 77.0 Å². The third kappa shape index (κ3) is 21.0. The number of methoxy groups -OCH3 is 4. The minimum atomic E-state index is -0.746. The van der Waals surface area contributed by atoms with E-state index in [-0.39, 0.29) is 109 Å². The van der Waals surface area contributed by atoms with Crippen molar-refractivity contribution in [1.29, 1.82) is 0 Å². The predicted octanol–water partition coefficient (Wildman–Crippen LogP) is 10.4. The topological polar surface area (TPSA) is 272 Å². The van der Waals surface area contributed by atoms with E-state index >= 15 is 0 Å². The summed E-state index contributed by atoms with van der Waals surface area (Å²) < 4.78 is 133. The standard InChI is InChI=1S/C34H47NO13.C34H49NO11.H2/c1-23-28(46-34(39-3)33(48-30-16-7-9-18-43-30)31(23)47-29-15-6-8-17-42-29)21-44-32-26(13-10-14-27(32)45-22-38-2)41-20-19-40-25-12-5-4-11-24(25)35(36)37;1-23-28(44-34(37-3)33(46-30-16-7-9-18-41-30)31(23)45-29-15-6-8-17-40-29)21-42-32-26(13-10-14-27(32)43-22-36-2)39-20-19-38-25-12-5-4-11-24(25)35;/h4-5,10-14,23,28-31,33-34H,6-9,15-22H2,1-3H3;4-5,10-14,23,28-31,33-34H,6-9,15-22,35H2,1-3H3;1H/t2*23-,28?,29?,30?,31+,33-,34?;/m11./s1. The molecule has 6 fully saturated rings. The molecule has 26 heteroatoms. The van der Waals surface area contributed by atoms with Gasteiger partial charge >= 0.3 is 5.69 Å². The van der Waals surface area contributed by atoms with Crippen molar-refractivity contribution in [3.8, 4) is 46.0 Å². The van der Waals surface area contributed by atoms with Gasteiger partial charge in [0.1, 0.15) is 57.6 Å². The van der Waals surface area contributed by atoms with Gasteiger partial charge < -0.3 is 110 Å². The Hall–Kier alpha value is -6.08. The monoisotopic (exact) mass is 1330 g/mol. The number of anilines is 1. The fourth-order valence-corrected chi connectivity index (χ4v) is 11.8. The SMILES string of the molecule is COCOc1cccc(OCCOc2ccccc2N)c1OCC1OC(OC)[C@H](OC2CCCCO2)[C@@H](OC2CCCCO2)[C@@H]1C.COCOc1cccc(OCCOc2ccccc2[N+](=O)[O-])c1OCC1OC(OC)[C@H](OC2CCCCO2)[C@@H](OC2CCCCO2)[C@@H]1C.[HH]. The second-order valence-electron chi connectivity index (χ2n) is 23.4. The number of ether oxygens (including phenoxy) is 22. The van der Waals surface area contributed by atoms with Crippen LogP contribution in [0.4, 0.5) is 11.4 Å². The van der Waals surface area contributed by atoms with Gasteiger partial charge in [-0.1, -0.05) is 50.2 Å². The molecule has 6 heterocycles. The van der Waals surface area contributed by atoms with Gasteiger partial charge in [0.15, 0.2) is 80.1 Å². The highest BCUT2D eigenvalue weighted by Crippen LogP contribution is 2.43. The van der Waals surface area contributed by atoms with E-state index < -0.39 is 48.0 Å². The molecule has 0 aromatic heterocycles. The smallest absolute Gasteiger partial charge is 0.310 e. The van der Waals surface area contributed by atoms with Gasteiger partial charge in [0.2, 0.25) is 11.5 Å². The lowest BCUT2D eigenvalue weighted by atomic mass is 9.90. The van der Waals surface area contributed by atoms with Crippen LogP contribution >= 0.6 is 0 Å². The van der Waals surface area contributed by atoms with Crippen molar-refractivity contribution in [2.24, 2.45) is 11.8 Å². The van der Waals surface area contributed by atoms with Gasteiger partial charge in [0.25, 0.3) is 0 Å². The van der Waals surface area contributed by atoms with Crippen LogP contribution in [0, 0.1) is 22.0 Å². The first kappa shape index (κ1) is 72.2. The van der Waals surface area contributed by atoms with Crippen LogP contribution in [0.1, 0.15) is 92.3 Å². The van der Waals surface area contributed by atoms with Gasteiger partial charge in [-0.2, -0.15) is 0 Å². The molecule has 0 radical (unpaired) electrons. The minimum absolute atomic E-state index is 0. The van der Waals surface area contributed by atoms with Gasteiger partial charge in [-0.05, 0) is 120 Å². The van der Waals surface area contributed by atoms with Crippen LogP contribution in [-0.4, -0.2) is 187 Å². The van der Waals surface area contributed by atoms with E-state index in [0.29, 0.717) is 72.4 Å². The molecule has 10 rings (SSSR count). The number of hydrogen-bond acceptors (Lipinski definition) is 25. The van der Waals surface area contributed by atoms with Crippen LogP contribution in [-0.2, 0) is 66.3 Å². The third-order valence-electron chi connectivity index (χ3n) is 16.8. The largest absolute Gasteiger partial charge is 0.488 e. The first-order chi connectivity index (χ1) is 46.0. The van der Waals surface area contributed by atoms with Crippen molar-refractivity contribution in [2.75, 3.05) is 114 Å². The van der Waals surface area contributed by atoms with E-state index in [1.54, 1.807) is 69.9 Å². The summed E-state index contributed by atoms with van der Waals surface area (Å²) in [5.74, 6) is 2.93. The summed E-state index contributed by atoms with van der Waals surface area (Å²) in [6.07, 6.45) is 5.78. The van der Waals surface area contributed by atoms with Crippen LogP contribution < -0.4 is 43.6 Å².